The Morgan fingerprint density at radius 1 is 0.800 bits per heavy atom. The van der Waals surface area contributed by atoms with Gasteiger partial charge in [-0.05, 0) is 12.8 Å². The van der Waals surface area contributed by atoms with Crippen LogP contribution in [0.3, 0.4) is 0 Å². The fraction of sp³-hybridized carbons (Fsp3) is 1.00. The molecule has 0 aromatic rings. The molecule has 0 fully saturated rings. The lowest BCUT2D eigenvalue weighted by Crippen LogP contribution is -2.29. The van der Waals surface area contributed by atoms with Crippen LogP contribution in [0.5, 0.6) is 0 Å². The molecule has 0 aliphatic carbocycles. The molecule has 2 atom stereocenters. The molecule has 0 spiro atoms. The molecular weight excluding hydrogens is 192 g/mol. The Balaban J connectivity index is 3.93. The maximum absolute atomic E-state index is 5.96. The molecule has 3 heteroatoms. The summed E-state index contributed by atoms with van der Waals surface area (Å²) in [5.41, 5.74) is 0. The minimum atomic E-state index is 0.215. The van der Waals surface area contributed by atoms with Gasteiger partial charge in [-0.3, -0.25) is 0 Å². The molecule has 0 aliphatic rings. The van der Waals surface area contributed by atoms with E-state index in [4.69, 9.17) is 14.2 Å². The molecule has 2 unspecified atom stereocenters. The monoisotopic (exact) mass is 218 g/mol. The van der Waals surface area contributed by atoms with Crippen molar-refractivity contribution in [1.82, 2.24) is 0 Å². The van der Waals surface area contributed by atoms with Gasteiger partial charge in [0, 0.05) is 14.2 Å². The lowest BCUT2D eigenvalue weighted by atomic mass is 10.2. The number of hydrogen-bond acceptors (Lipinski definition) is 3. The highest BCUT2D eigenvalue weighted by atomic mass is 16.6. The largest absolute Gasteiger partial charge is 0.382 e. The van der Waals surface area contributed by atoms with E-state index in [1.54, 1.807) is 14.2 Å². The van der Waals surface area contributed by atoms with Crippen molar-refractivity contribution in [2.45, 2.75) is 51.7 Å². The Kier molecular flexibility index (Phi) is 10.3. The summed E-state index contributed by atoms with van der Waals surface area (Å²) in [6.07, 6.45) is 4.79. The van der Waals surface area contributed by atoms with Crippen molar-refractivity contribution in [2.24, 2.45) is 0 Å². The fourth-order valence-corrected chi connectivity index (χ4v) is 1.67. The van der Waals surface area contributed by atoms with E-state index >= 15 is 0 Å². The first kappa shape index (κ1) is 14.9. The van der Waals surface area contributed by atoms with E-state index in [1.165, 1.54) is 0 Å². The number of hydrogen-bond donors (Lipinski definition) is 0. The molecule has 0 amide bonds. The number of methoxy groups -OCH3 is 2. The van der Waals surface area contributed by atoms with E-state index in [-0.39, 0.29) is 12.2 Å². The zero-order chi connectivity index (χ0) is 11.5. The maximum atomic E-state index is 5.96. The third kappa shape index (κ3) is 7.77. The van der Waals surface area contributed by atoms with Gasteiger partial charge in [-0.1, -0.05) is 26.7 Å². The van der Waals surface area contributed by atoms with Gasteiger partial charge in [0.05, 0.1) is 25.4 Å². The Bertz CT molecular complexity index is 102. The molecular formula is C12H26O3. The Labute approximate surface area is 94.1 Å². The van der Waals surface area contributed by atoms with Crippen LogP contribution in [0.1, 0.15) is 39.5 Å². The van der Waals surface area contributed by atoms with Crippen molar-refractivity contribution in [1.29, 1.82) is 0 Å². The Morgan fingerprint density at radius 2 is 1.20 bits per heavy atom. The van der Waals surface area contributed by atoms with Gasteiger partial charge in [-0.15, -0.1) is 0 Å². The second-order valence-electron chi connectivity index (χ2n) is 3.87. The molecule has 0 rings (SSSR count). The van der Waals surface area contributed by atoms with Gasteiger partial charge in [-0.2, -0.15) is 0 Å². The minimum absolute atomic E-state index is 0.215. The van der Waals surface area contributed by atoms with Gasteiger partial charge in [0.1, 0.15) is 0 Å². The van der Waals surface area contributed by atoms with E-state index in [1.807, 2.05) is 0 Å². The van der Waals surface area contributed by atoms with Crippen LogP contribution in [0.4, 0.5) is 0 Å². The summed E-state index contributed by atoms with van der Waals surface area (Å²) in [5, 5.41) is 0. The summed E-state index contributed by atoms with van der Waals surface area (Å²) in [7, 11) is 3.44. The minimum Gasteiger partial charge on any atom is -0.382 e. The molecule has 0 bridgehead atoms. The van der Waals surface area contributed by atoms with Crippen LogP contribution in [0.2, 0.25) is 0 Å². The molecule has 3 nitrogen and oxygen atoms in total. The van der Waals surface area contributed by atoms with Gasteiger partial charge >= 0.3 is 0 Å². The third-order valence-electron chi connectivity index (χ3n) is 2.31. The summed E-state index contributed by atoms with van der Waals surface area (Å²) in [4.78, 5) is 0. The smallest absolute Gasteiger partial charge is 0.0813 e. The summed E-state index contributed by atoms with van der Waals surface area (Å²) in [6.45, 7) is 5.68. The summed E-state index contributed by atoms with van der Waals surface area (Å²) < 4.78 is 16.3. The second kappa shape index (κ2) is 10.4. The highest BCUT2D eigenvalue weighted by molar-refractivity contribution is 4.62. The lowest BCUT2D eigenvalue weighted by Gasteiger charge is -2.23. The van der Waals surface area contributed by atoms with Crippen molar-refractivity contribution in [2.75, 3.05) is 27.4 Å². The third-order valence-corrected chi connectivity index (χ3v) is 2.31. The van der Waals surface area contributed by atoms with E-state index in [2.05, 4.69) is 13.8 Å². The SMILES string of the molecule is CCCC(COC)OC(CCC)COC. The van der Waals surface area contributed by atoms with Gasteiger partial charge in [0.15, 0.2) is 0 Å². The Morgan fingerprint density at radius 3 is 1.47 bits per heavy atom. The zero-order valence-electron chi connectivity index (χ0n) is 10.6. The molecule has 0 aliphatic heterocycles. The first-order chi connectivity index (χ1) is 7.28. The summed E-state index contributed by atoms with van der Waals surface area (Å²) in [6, 6.07) is 0. The first-order valence-electron chi connectivity index (χ1n) is 5.91. The van der Waals surface area contributed by atoms with Crippen molar-refractivity contribution in [3.05, 3.63) is 0 Å². The molecule has 0 heterocycles. The molecule has 92 valence electrons. The van der Waals surface area contributed by atoms with Crippen LogP contribution in [0, 0.1) is 0 Å². The van der Waals surface area contributed by atoms with Crippen molar-refractivity contribution >= 4 is 0 Å². The van der Waals surface area contributed by atoms with Crippen molar-refractivity contribution < 1.29 is 14.2 Å². The van der Waals surface area contributed by atoms with Gasteiger partial charge in [0.2, 0.25) is 0 Å². The standard InChI is InChI=1S/C12H26O3/c1-5-7-11(9-13-3)15-12(8-6-2)10-14-4/h11-12H,5-10H2,1-4H3. The molecule has 0 saturated carbocycles. The van der Waals surface area contributed by atoms with Crippen LogP contribution >= 0.6 is 0 Å². The molecule has 0 aromatic carbocycles. The molecule has 0 aromatic heterocycles. The predicted molar refractivity (Wildman–Crippen MR) is 62.2 cm³/mol. The lowest BCUT2D eigenvalue weighted by molar-refractivity contribution is -0.0791. The van der Waals surface area contributed by atoms with Crippen LogP contribution in [-0.2, 0) is 14.2 Å². The van der Waals surface area contributed by atoms with Gasteiger partial charge < -0.3 is 14.2 Å². The van der Waals surface area contributed by atoms with E-state index in [0.717, 1.165) is 25.7 Å². The molecule has 0 N–H and O–H groups in total. The number of rotatable bonds is 10. The normalized spacial score (nSPS) is 15.2. The predicted octanol–water partition coefficient (Wildman–Crippen LogP) is 2.63. The van der Waals surface area contributed by atoms with E-state index < -0.39 is 0 Å². The van der Waals surface area contributed by atoms with Crippen molar-refractivity contribution in [3.8, 4) is 0 Å². The van der Waals surface area contributed by atoms with Crippen LogP contribution in [0.15, 0.2) is 0 Å². The topological polar surface area (TPSA) is 27.7 Å². The average Bonchev–Trinajstić information content (AvgIpc) is 2.19. The highest BCUT2D eigenvalue weighted by Gasteiger charge is 2.15. The highest BCUT2D eigenvalue weighted by Crippen LogP contribution is 2.10. The zero-order valence-corrected chi connectivity index (χ0v) is 10.6. The van der Waals surface area contributed by atoms with Crippen LogP contribution in [0.25, 0.3) is 0 Å². The van der Waals surface area contributed by atoms with Crippen molar-refractivity contribution in [3.63, 3.8) is 0 Å². The van der Waals surface area contributed by atoms with Gasteiger partial charge in [0.25, 0.3) is 0 Å². The molecule has 15 heavy (non-hydrogen) atoms. The molecule has 0 radical (unpaired) electrons. The van der Waals surface area contributed by atoms with Crippen LogP contribution < -0.4 is 0 Å². The quantitative estimate of drug-likeness (QED) is 0.564. The van der Waals surface area contributed by atoms with E-state index in [0.29, 0.717) is 13.2 Å². The summed E-state index contributed by atoms with van der Waals surface area (Å²) >= 11 is 0. The average molecular weight is 218 g/mol. The van der Waals surface area contributed by atoms with Crippen LogP contribution in [-0.4, -0.2) is 39.6 Å². The van der Waals surface area contributed by atoms with Gasteiger partial charge in [-0.25, -0.2) is 0 Å². The number of ether oxygens (including phenoxy) is 3. The Hall–Kier alpha value is -0.120. The summed E-state index contributed by atoms with van der Waals surface area (Å²) in [5.74, 6) is 0. The second-order valence-corrected chi connectivity index (χ2v) is 3.87. The molecule has 0 saturated heterocycles. The fourth-order valence-electron chi connectivity index (χ4n) is 1.67. The first-order valence-corrected chi connectivity index (χ1v) is 5.91. The van der Waals surface area contributed by atoms with E-state index in [9.17, 15) is 0 Å². The maximum Gasteiger partial charge on any atom is 0.0813 e.